The Morgan fingerprint density at radius 2 is 2.06 bits per heavy atom. The highest BCUT2D eigenvalue weighted by atomic mass is 19.4. The number of halogens is 3. The molecular formula is C11H10F3O2. The van der Waals surface area contributed by atoms with Crippen LogP contribution in [0.1, 0.15) is 11.1 Å². The number of hydrogen-bond donors (Lipinski definition) is 1. The van der Waals surface area contributed by atoms with Crippen molar-refractivity contribution < 1.29 is 23.0 Å². The van der Waals surface area contributed by atoms with E-state index < -0.39 is 12.8 Å². The van der Waals surface area contributed by atoms with Gasteiger partial charge in [0.1, 0.15) is 12.4 Å². The van der Waals surface area contributed by atoms with Crippen molar-refractivity contribution in [3.63, 3.8) is 0 Å². The number of hydrogen-bond acceptors (Lipinski definition) is 2. The van der Waals surface area contributed by atoms with Crippen molar-refractivity contribution in [2.45, 2.75) is 6.18 Å². The van der Waals surface area contributed by atoms with Crippen molar-refractivity contribution in [2.75, 3.05) is 6.61 Å². The maximum Gasteiger partial charge on any atom is 0.422 e. The van der Waals surface area contributed by atoms with Gasteiger partial charge in [0.25, 0.3) is 0 Å². The van der Waals surface area contributed by atoms with Gasteiger partial charge < -0.3 is 9.84 Å². The van der Waals surface area contributed by atoms with Crippen LogP contribution in [0.15, 0.2) is 24.8 Å². The Labute approximate surface area is 91.0 Å². The molecular weight excluding hydrogens is 221 g/mol. The molecule has 0 spiro atoms. The van der Waals surface area contributed by atoms with Gasteiger partial charge in [0.05, 0.1) is 0 Å². The van der Waals surface area contributed by atoms with Gasteiger partial charge in [-0.15, -0.1) is 0 Å². The van der Waals surface area contributed by atoms with Gasteiger partial charge in [-0.25, -0.2) is 0 Å². The van der Waals surface area contributed by atoms with Gasteiger partial charge in [0.15, 0.2) is 6.61 Å². The van der Waals surface area contributed by atoms with E-state index in [9.17, 15) is 13.2 Å². The molecule has 0 saturated heterocycles. The summed E-state index contributed by atoms with van der Waals surface area (Å²) in [7, 11) is 0. The van der Waals surface area contributed by atoms with Crippen molar-refractivity contribution in [1.29, 1.82) is 0 Å². The van der Waals surface area contributed by atoms with E-state index in [0.717, 1.165) is 6.61 Å². The number of rotatable bonds is 4. The summed E-state index contributed by atoms with van der Waals surface area (Å²) in [4.78, 5) is 0. The normalized spacial score (nSPS) is 11.2. The fourth-order valence-corrected chi connectivity index (χ4v) is 1.18. The molecule has 1 aromatic carbocycles. The van der Waals surface area contributed by atoms with E-state index >= 15 is 0 Å². The van der Waals surface area contributed by atoms with E-state index in [1.807, 2.05) is 0 Å². The molecule has 16 heavy (non-hydrogen) atoms. The standard InChI is InChI=1S/C11H10F3O2/c1-2-9-8(6-15)4-3-5-10(9)16-7-11(12,13)14/h2-6,15H,1,7H2. The average molecular weight is 231 g/mol. The molecule has 0 fully saturated rings. The Morgan fingerprint density at radius 3 is 2.56 bits per heavy atom. The average Bonchev–Trinajstić information content (AvgIpc) is 2.24. The summed E-state index contributed by atoms with van der Waals surface area (Å²) in [6.45, 7) is 2.87. The third-order valence-corrected chi connectivity index (χ3v) is 1.83. The highest BCUT2D eigenvalue weighted by Gasteiger charge is 2.28. The number of benzene rings is 1. The van der Waals surface area contributed by atoms with Crippen LogP contribution >= 0.6 is 0 Å². The first-order chi connectivity index (χ1) is 7.48. The molecule has 0 heterocycles. The summed E-state index contributed by atoms with van der Waals surface area (Å²) in [6, 6.07) is 4.41. The zero-order valence-corrected chi connectivity index (χ0v) is 8.29. The van der Waals surface area contributed by atoms with E-state index in [4.69, 9.17) is 5.11 Å². The second-order valence-electron chi connectivity index (χ2n) is 3.00. The molecule has 87 valence electrons. The Kier molecular flexibility index (Phi) is 3.95. The molecule has 1 radical (unpaired) electrons. The molecule has 0 saturated carbocycles. The topological polar surface area (TPSA) is 29.5 Å². The molecule has 0 atom stereocenters. The third kappa shape index (κ3) is 3.27. The van der Waals surface area contributed by atoms with Gasteiger partial charge in [0.2, 0.25) is 0 Å². The number of aliphatic hydroxyl groups is 1. The SMILES string of the molecule is C=Cc1c([CH]O)cccc1OCC(F)(F)F. The van der Waals surface area contributed by atoms with Crippen molar-refractivity contribution >= 4 is 6.08 Å². The van der Waals surface area contributed by atoms with Gasteiger partial charge in [-0.05, 0) is 11.6 Å². The maximum absolute atomic E-state index is 12.0. The van der Waals surface area contributed by atoms with Crippen LogP contribution in [-0.4, -0.2) is 17.9 Å². The van der Waals surface area contributed by atoms with Crippen molar-refractivity contribution in [3.8, 4) is 5.75 Å². The summed E-state index contributed by atoms with van der Waals surface area (Å²) in [5.74, 6) is 0.0372. The second-order valence-corrected chi connectivity index (χ2v) is 3.00. The largest absolute Gasteiger partial charge is 0.483 e. The number of ether oxygens (including phenoxy) is 1. The van der Waals surface area contributed by atoms with Crippen LogP contribution in [0.4, 0.5) is 13.2 Å². The van der Waals surface area contributed by atoms with Crippen molar-refractivity contribution in [1.82, 2.24) is 0 Å². The quantitative estimate of drug-likeness (QED) is 0.862. The second kappa shape index (κ2) is 5.03. The Bertz CT molecular complexity index is 372. The highest BCUT2D eigenvalue weighted by Crippen LogP contribution is 2.26. The van der Waals surface area contributed by atoms with E-state index in [2.05, 4.69) is 11.3 Å². The minimum Gasteiger partial charge on any atom is -0.483 e. The highest BCUT2D eigenvalue weighted by molar-refractivity contribution is 5.61. The van der Waals surface area contributed by atoms with Crippen LogP contribution in [0.3, 0.4) is 0 Å². The molecule has 1 aromatic rings. The van der Waals surface area contributed by atoms with Gasteiger partial charge in [-0.3, -0.25) is 0 Å². The molecule has 0 aliphatic rings. The smallest absolute Gasteiger partial charge is 0.422 e. The molecule has 2 nitrogen and oxygen atoms in total. The lowest BCUT2D eigenvalue weighted by atomic mass is 10.1. The minimum absolute atomic E-state index is 0.0372. The van der Waals surface area contributed by atoms with E-state index in [1.54, 1.807) is 0 Å². The Hall–Kier alpha value is -1.49. The molecule has 0 aromatic heterocycles. The first kappa shape index (κ1) is 12.6. The number of alkyl halides is 3. The molecule has 0 aliphatic carbocycles. The van der Waals surface area contributed by atoms with Gasteiger partial charge in [-0.1, -0.05) is 24.8 Å². The molecule has 1 N–H and O–H groups in total. The summed E-state index contributed by atoms with van der Waals surface area (Å²) in [6.07, 6.45) is -3.06. The van der Waals surface area contributed by atoms with Crippen LogP contribution < -0.4 is 4.74 Å². The minimum atomic E-state index is -4.39. The first-order valence-electron chi connectivity index (χ1n) is 4.40. The van der Waals surface area contributed by atoms with Gasteiger partial charge >= 0.3 is 6.18 Å². The maximum atomic E-state index is 12.0. The lowest BCUT2D eigenvalue weighted by molar-refractivity contribution is -0.153. The molecule has 1 rings (SSSR count). The first-order valence-corrected chi connectivity index (χ1v) is 4.40. The lowest BCUT2D eigenvalue weighted by Crippen LogP contribution is -2.19. The van der Waals surface area contributed by atoms with Crippen LogP contribution in [-0.2, 0) is 0 Å². The zero-order valence-electron chi connectivity index (χ0n) is 8.29. The van der Waals surface area contributed by atoms with Crippen LogP contribution in [0.2, 0.25) is 0 Å². The predicted octanol–water partition coefficient (Wildman–Crippen LogP) is 3.15. The summed E-state index contributed by atoms with van der Waals surface area (Å²) in [5.41, 5.74) is 0.684. The monoisotopic (exact) mass is 231 g/mol. The molecule has 0 unspecified atom stereocenters. The van der Waals surface area contributed by atoms with Gasteiger partial charge in [0, 0.05) is 5.56 Å². The fraction of sp³-hybridized carbons (Fsp3) is 0.182. The van der Waals surface area contributed by atoms with E-state index in [1.165, 1.54) is 24.3 Å². The summed E-state index contributed by atoms with van der Waals surface area (Å²) < 4.78 is 40.5. The van der Waals surface area contributed by atoms with E-state index in [-0.39, 0.29) is 5.75 Å². The van der Waals surface area contributed by atoms with Crippen LogP contribution in [0, 0.1) is 6.61 Å². The third-order valence-electron chi connectivity index (χ3n) is 1.83. The molecule has 0 aliphatic heterocycles. The predicted molar refractivity (Wildman–Crippen MR) is 53.4 cm³/mol. The molecule has 0 amide bonds. The molecule has 0 bridgehead atoms. The summed E-state index contributed by atoms with van der Waals surface area (Å²) in [5, 5.41) is 8.85. The van der Waals surface area contributed by atoms with Crippen LogP contribution in [0.25, 0.3) is 6.08 Å². The Morgan fingerprint density at radius 1 is 1.38 bits per heavy atom. The van der Waals surface area contributed by atoms with Crippen molar-refractivity contribution in [2.24, 2.45) is 0 Å². The molecule has 5 heteroatoms. The van der Waals surface area contributed by atoms with Gasteiger partial charge in [-0.2, -0.15) is 13.2 Å². The lowest BCUT2D eigenvalue weighted by Gasteiger charge is -2.13. The van der Waals surface area contributed by atoms with Crippen LogP contribution in [0.5, 0.6) is 5.75 Å². The van der Waals surface area contributed by atoms with Crippen molar-refractivity contribution in [3.05, 3.63) is 42.5 Å². The van der Waals surface area contributed by atoms with E-state index in [0.29, 0.717) is 11.1 Å². The Balaban J connectivity index is 2.91. The number of aliphatic hydroxyl groups excluding tert-OH is 1. The zero-order chi connectivity index (χ0) is 12.2. The summed E-state index contributed by atoms with van der Waals surface area (Å²) >= 11 is 0. The fourth-order valence-electron chi connectivity index (χ4n) is 1.18.